The molecular weight excluding hydrogens is 376 g/mol. The molecule has 2 atom stereocenters. The summed E-state index contributed by atoms with van der Waals surface area (Å²) in [7, 11) is 0. The molecule has 0 radical (unpaired) electrons. The van der Waals surface area contributed by atoms with Crippen molar-refractivity contribution < 1.29 is 4.74 Å². The van der Waals surface area contributed by atoms with Crippen LogP contribution in [-0.4, -0.2) is 88.8 Å². The maximum absolute atomic E-state index is 6.35. The van der Waals surface area contributed by atoms with Gasteiger partial charge in [-0.2, -0.15) is 0 Å². The first-order chi connectivity index (χ1) is 14.8. The molecule has 5 heterocycles. The van der Waals surface area contributed by atoms with Crippen molar-refractivity contribution in [2.24, 2.45) is 0 Å². The minimum absolute atomic E-state index is 0.203. The van der Waals surface area contributed by atoms with Crippen LogP contribution in [0.4, 0.5) is 5.69 Å². The average Bonchev–Trinajstić information content (AvgIpc) is 2.79. The largest absolute Gasteiger partial charge is 0.370 e. The highest BCUT2D eigenvalue weighted by molar-refractivity contribution is 5.85. The maximum atomic E-state index is 6.35. The van der Waals surface area contributed by atoms with Crippen LogP contribution in [0.5, 0.6) is 0 Å². The Kier molecular flexibility index (Phi) is 6.11. The van der Waals surface area contributed by atoms with Gasteiger partial charge in [-0.3, -0.25) is 0 Å². The Hall–Kier alpha value is -1.83. The first kappa shape index (κ1) is 20.1. The number of rotatable bonds is 4. The van der Waals surface area contributed by atoms with E-state index in [2.05, 4.69) is 42.6 Å². The normalized spacial score (nSPS) is 27.6. The van der Waals surface area contributed by atoms with Gasteiger partial charge in [-0.25, -0.2) is 15.0 Å². The van der Waals surface area contributed by atoms with Crippen LogP contribution in [0.2, 0.25) is 0 Å². The Balaban J connectivity index is 1.21. The Labute approximate surface area is 179 Å². The van der Waals surface area contributed by atoms with Crippen molar-refractivity contribution in [1.82, 2.24) is 24.8 Å². The minimum Gasteiger partial charge on any atom is -0.370 e. The predicted molar refractivity (Wildman–Crippen MR) is 119 cm³/mol. The number of ether oxygens (including phenoxy) is 1. The molecule has 0 amide bonds. The molecule has 5 rings (SSSR count). The van der Waals surface area contributed by atoms with E-state index in [1.54, 1.807) is 12.4 Å². The molecule has 2 aromatic heterocycles. The van der Waals surface area contributed by atoms with Gasteiger partial charge in [-0.05, 0) is 64.9 Å². The first-order valence-electron chi connectivity index (χ1n) is 11.7. The van der Waals surface area contributed by atoms with Crippen molar-refractivity contribution >= 4 is 16.9 Å². The van der Waals surface area contributed by atoms with Gasteiger partial charge in [0.05, 0.1) is 17.9 Å². The Morgan fingerprint density at radius 1 is 0.933 bits per heavy atom. The van der Waals surface area contributed by atoms with E-state index in [1.807, 2.05) is 6.20 Å². The molecule has 7 nitrogen and oxygen atoms in total. The maximum Gasteiger partial charge on any atom is 0.180 e. The van der Waals surface area contributed by atoms with Crippen LogP contribution in [0.3, 0.4) is 0 Å². The van der Waals surface area contributed by atoms with E-state index < -0.39 is 0 Å². The molecule has 162 valence electrons. The molecule has 0 aliphatic carbocycles. The van der Waals surface area contributed by atoms with Gasteiger partial charge in [0.15, 0.2) is 5.65 Å². The highest BCUT2D eigenvalue weighted by Crippen LogP contribution is 2.27. The fourth-order valence-corrected chi connectivity index (χ4v) is 5.50. The van der Waals surface area contributed by atoms with Gasteiger partial charge in [0.1, 0.15) is 5.52 Å². The highest BCUT2D eigenvalue weighted by atomic mass is 16.5. The van der Waals surface area contributed by atoms with Crippen molar-refractivity contribution in [1.29, 1.82) is 0 Å². The lowest BCUT2D eigenvalue weighted by atomic mass is 9.99. The van der Waals surface area contributed by atoms with Gasteiger partial charge in [-0.15, -0.1) is 0 Å². The fourth-order valence-electron chi connectivity index (χ4n) is 5.50. The molecular formula is C23H34N6O. The van der Waals surface area contributed by atoms with Crippen molar-refractivity contribution in [2.45, 2.75) is 57.3 Å². The van der Waals surface area contributed by atoms with Crippen LogP contribution in [-0.2, 0) is 4.74 Å². The molecule has 0 unspecified atom stereocenters. The molecule has 3 aliphatic rings. The summed E-state index contributed by atoms with van der Waals surface area (Å²) in [5.41, 5.74) is 2.72. The number of nitrogens with zero attached hydrogens (tertiary/aromatic N) is 6. The van der Waals surface area contributed by atoms with Crippen molar-refractivity contribution in [3.63, 3.8) is 0 Å². The predicted octanol–water partition coefficient (Wildman–Crippen LogP) is 2.57. The molecule has 7 heteroatoms. The zero-order valence-corrected chi connectivity index (χ0v) is 18.1. The monoisotopic (exact) mass is 410 g/mol. The number of hydrogen-bond acceptors (Lipinski definition) is 7. The van der Waals surface area contributed by atoms with Crippen molar-refractivity contribution in [3.05, 3.63) is 24.7 Å². The molecule has 30 heavy (non-hydrogen) atoms. The van der Waals surface area contributed by atoms with E-state index in [1.165, 1.54) is 58.3 Å². The van der Waals surface area contributed by atoms with Gasteiger partial charge in [0.2, 0.25) is 0 Å². The van der Waals surface area contributed by atoms with Crippen LogP contribution in [0.1, 0.15) is 39.0 Å². The second kappa shape index (κ2) is 9.12. The Morgan fingerprint density at radius 2 is 1.70 bits per heavy atom. The van der Waals surface area contributed by atoms with Gasteiger partial charge in [-0.1, -0.05) is 6.42 Å². The number of hydrogen-bond donors (Lipinski definition) is 0. The lowest BCUT2D eigenvalue weighted by Gasteiger charge is -2.43. The van der Waals surface area contributed by atoms with E-state index in [4.69, 9.17) is 4.74 Å². The quantitative estimate of drug-likeness (QED) is 0.768. The standard InChI is InChI=1S/C23H34N6O/c1-18-15-29(21-5-8-25-23-22(21)24-9-10-26-23)17-20(30-18)16-27-13-6-19(7-14-27)28-11-3-2-4-12-28/h5,8-10,18-20H,2-4,6-7,11-17H2,1H3/t18-,20+/m1/s1. The third kappa shape index (κ3) is 4.43. The van der Waals surface area contributed by atoms with Crippen molar-refractivity contribution in [2.75, 3.05) is 50.7 Å². The minimum atomic E-state index is 0.203. The molecule has 3 fully saturated rings. The SMILES string of the molecule is C[C@@H]1CN(c2ccnc3nccnc23)C[C@H](CN2CCC(N3CCCCC3)CC2)O1. The number of morpholine rings is 1. The van der Waals surface area contributed by atoms with Crippen molar-refractivity contribution in [3.8, 4) is 0 Å². The smallest absolute Gasteiger partial charge is 0.180 e. The summed E-state index contributed by atoms with van der Waals surface area (Å²) in [6, 6.07) is 2.86. The first-order valence-corrected chi connectivity index (χ1v) is 11.7. The van der Waals surface area contributed by atoms with Gasteiger partial charge < -0.3 is 19.4 Å². The molecule has 0 saturated carbocycles. The summed E-state index contributed by atoms with van der Waals surface area (Å²) in [5, 5.41) is 0. The molecule has 0 N–H and O–H groups in total. The lowest BCUT2D eigenvalue weighted by Crippen LogP contribution is -2.53. The van der Waals surface area contributed by atoms with E-state index >= 15 is 0 Å². The zero-order chi connectivity index (χ0) is 20.3. The number of fused-ring (bicyclic) bond motifs is 1. The van der Waals surface area contributed by atoms with Crippen LogP contribution >= 0.6 is 0 Å². The van der Waals surface area contributed by atoms with Gasteiger partial charge in [0, 0.05) is 44.3 Å². The highest BCUT2D eigenvalue weighted by Gasteiger charge is 2.31. The summed E-state index contributed by atoms with van der Waals surface area (Å²) >= 11 is 0. The lowest BCUT2D eigenvalue weighted by molar-refractivity contribution is -0.0380. The van der Waals surface area contributed by atoms with Crippen LogP contribution < -0.4 is 4.90 Å². The number of aromatic nitrogens is 3. The molecule has 3 saturated heterocycles. The third-order valence-corrected chi connectivity index (χ3v) is 6.94. The van der Waals surface area contributed by atoms with Crippen LogP contribution in [0, 0.1) is 0 Å². The second-order valence-electron chi connectivity index (χ2n) is 9.16. The topological polar surface area (TPSA) is 57.6 Å². The molecule has 3 aliphatic heterocycles. The molecule has 0 spiro atoms. The number of anilines is 1. The summed E-state index contributed by atoms with van der Waals surface area (Å²) in [6.07, 6.45) is 12.5. The number of pyridine rings is 1. The molecule has 0 bridgehead atoms. The van der Waals surface area contributed by atoms with Crippen LogP contribution in [0.25, 0.3) is 11.2 Å². The Bertz CT molecular complexity index is 828. The van der Waals surface area contributed by atoms with E-state index in [9.17, 15) is 0 Å². The summed E-state index contributed by atoms with van der Waals surface area (Å²) in [5.74, 6) is 0. The second-order valence-corrected chi connectivity index (χ2v) is 9.16. The summed E-state index contributed by atoms with van der Waals surface area (Å²) < 4.78 is 6.35. The van der Waals surface area contributed by atoms with Gasteiger partial charge in [0.25, 0.3) is 0 Å². The molecule has 2 aromatic rings. The van der Waals surface area contributed by atoms with E-state index in [0.717, 1.165) is 36.9 Å². The van der Waals surface area contributed by atoms with Crippen LogP contribution in [0.15, 0.2) is 24.7 Å². The Morgan fingerprint density at radius 3 is 2.53 bits per heavy atom. The molecule has 0 aromatic carbocycles. The average molecular weight is 411 g/mol. The summed E-state index contributed by atoms with van der Waals surface area (Å²) in [6.45, 7) is 9.98. The third-order valence-electron chi connectivity index (χ3n) is 6.94. The van der Waals surface area contributed by atoms with Gasteiger partial charge >= 0.3 is 0 Å². The van der Waals surface area contributed by atoms with E-state index in [0.29, 0.717) is 5.65 Å². The number of piperidine rings is 2. The summed E-state index contributed by atoms with van der Waals surface area (Å²) in [4.78, 5) is 21.1. The van der Waals surface area contributed by atoms with E-state index in [-0.39, 0.29) is 12.2 Å². The fraction of sp³-hybridized carbons (Fsp3) is 0.696. The number of likely N-dealkylation sites (tertiary alicyclic amines) is 2. The zero-order valence-electron chi connectivity index (χ0n) is 18.1.